The molecule has 2 aromatic rings. The zero-order chi connectivity index (χ0) is 18.1. The molecule has 1 N–H and O–H groups in total. The summed E-state index contributed by atoms with van der Waals surface area (Å²) in [6.45, 7) is 3.26. The van der Waals surface area contributed by atoms with Crippen LogP contribution in [0.2, 0.25) is 0 Å². The number of hydrogen-bond donors (Lipinski definition) is 1. The van der Waals surface area contributed by atoms with Gasteiger partial charge in [-0.05, 0) is 42.7 Å². The molecule has 2 aliphatic rings. The lowest BCUT2D eigenvalue weighted by atomic mass is 9.64. The minimum absolute atomic E-state index is 0.132. The zero-order valence-corrected chi connectivity index (χ0v) is 15.0. The van der Waals surface area contributed by atoms with E-state index in [0.29, 0.717) is 19.6 Å². The van der Waals surface area contributed by atoms with Crippen molar-refractivity contribution in [1.29, 1.82) is 0 Å². The molecule has 0 aliphatic carbocycles. The van der Waals surface area contributed by atoms with Crippen LogP contribution in [0.15, 0.2) is 53.2 Å². The summed E-state index contributed by atoms with van der Waals surface area (Å²) >= 11 is 0. The fourth-order valence-corrected chi connectivity index (χ4v) is 4.06. The van der Waals surface area contributed by atoms with Gasteiger partial charge in [0.05, 0.1) is 31.4 Å². The highest BCUT2D eigenvalue weighted by Gasteiger charge is 2.43. The molecule has 5 nitrogen and oxygen atoms in total. The lowest BCUT2D eigenvalue weighted by Gasteiger charge is -2.41. The van der Waals surface area contributed by atoms with E-state index >= 15 is 0 Å². The van der Waals surface area contributed by atoms with E-state index in [0.717, 1.165) is 34.7 Å². The van der Waals surface area contributed by atoms with Gasteiger partial charge < -0.3 is 14.6 Å². The number of aromatic nitrogens is 1. The number of fused-ring (bicyclic) bond motifs is 1. The van der Waals surface area contributed by atoms with E-state index in [9.17, 15) is 5.11 Å². The molecule has 0 radical (unpaired) electrons. The van der Waals surface area contributed by atoms with Gasteiger partial charge in [0.25, 0.3) is 0 Å². The predicted molar refractivity (Wildman–Crippen MR) is 101 cm³/mol. The van der Waals surface area contributed by atoms with Gasteiger partial charge in [-0.25, -0.2) is 4.99 Å². The van der Waals surface area contributed by atoms with Crippen LogP contribution in [0.25, 0.3) is 0 Å². The molecule has 0 spiro atoms. The summed E-state index contributed by atoms with van der Waals surface area (Å²) in [6.07, 6.45) is 5.23. The molecule has 0 saturated heterocycles. The highest BCUT2D eigenvalue weighted by atomic mass is 16.5. The van der Waals surface area contributed by atoms with Gasteiger partial charge in [-0.1, -0.05) is 17.7 Å². The van der Waals surface area contributed by atoms with Crippen molar-refractivity contribution in [3.05, 3.63) is 65.0 Å². The predicted octanol–water partition coefficient (Wildman–Crippen LogP) is 4.02. The van der Waals surface area contributed by atoms with Crippen molar-refractivity contribution in [2.24, 2.45) is 4.99 Å². The van der Waals surface area contributed by atoms with Crippen LogP contribution in [0, 0.1) is 6.92 Å². The maximum Gasteiger partial charge on any atom is 0.187 e. The van der Waals surface area contributed by atoms with E-state index < -0.39 is 5.41 Å². The van der Waals surface area contributed by atoms with Crippen LogP contribution >= 0.6 is 0 Å². The Bertz CT molecular complexity index is 904. The first-order chi connectivity index (χ1) is 12.6. The summed E-state index contributed by atoms with van der Waals surface area (Å²) < 4.78 is 10.9. The molecule has 3 heterocycles. The number of pyridine rings is 1. The third-order valence-electron chi connectivity index (χ3n) is 5.24. The van der Waals surface area contributed by atoms with Crippen LogP contribution in [0.4, 0.5) is 5.69 Å². The topological polar surface area (TPSA) is 63.9 Å². The Hall–Kier alpha value is -2.66. The Kier molecular flexibility index (Phi) is 4.24. The molecule has 1 atom stereocenters. The van der Waals surface area contributed by atoms with Crippen LogP contribution in [0.1, 0.15) is 29.7 Å². The third-order valence-corrected chi connectivity index (χ3v) is 5.24. The van der Waals surface area contributed by atoms with Crippen LogP contribution in [0.5, 0.6) is 5.75 Å². The van der Waals surface area contributed by atoms with Gasteiger partial charge in [-0.2, -0.15) is 0 Å². The fraction of sp³-hybridized carbons (Fsp3) is 0.333. The van der Waals surface area contributed by atoms with Crippen molar-refractivity contribution in [2.45, 2.75) is 25.2 Å². The summed E-state index contributed by atoms with van der Waals surface area (Å²) in [4.78, 5) is 8.77. The van der Waals surface area contributed by atoms with Crippen molar-refractivity contribution in [1.82, 2.24) is 4.98 Å². The fourth-order valence-electron chi connectivity index (χ4n) is 4.06. The molecule has 2 aliphatic heterocycles. The van der Waals surface area contributed by atoms with Crippen molar-refractivity contribution >= 4 is 11.6 Å². The van der Waals surface area contributed by atoms with Crippen LogP contribution in [-0.4, -0.2) is 36.3 Å². The minimum atomic E-state index is -0.467. The summed E-state index contributed by atoms with van der Waals surface area (Å²) in [5.41, 5.74) is 4.68. The monoisotopic (exact) mass is 350 g/mol. The van der Waals surface area contributed by atoms with Crippen LogP contribution in [0.3, 0.4) is 0 Å². The van der Waals surface area contributed by atoms with Crippen LogP contribution in [-0.2, 0) is 10.2 Å². The molecule has 134 valence electrons. The normalized spacial score (nSPS) is 22.2. The highest BCUT2D eigenvalue weighted by Crippen LogP contribution is 2.50. The number of methoxy groups -OCH3 is 1. The second-order valence-electron chi connectivity index (χ2n) is 6.73. The van der Waals surface area contributed by atoms with E-state index in [1.54, 1.807) is 7.11 Å². The van der Waals surface area contributed by atoms with E-state index in [1.807, 2.05) is 31.3 Å². The maximum atomic E-state index is 10.6. The standard InChI is InChI=1S/C21H22N2O3/c1-14-11-16(5-8-22-14)21(15-6-9-26-10-7-15)13-20(24)23-19-12-17(25-2)3-4-18(19)21/h3-6,8,11-12H,7,9-10,13H2,1-2H3,(H,23,24). The lowest BCUT2D eigenvalue weighted by molar-refractivity contribution is 0.150. The molecular formula is C21H22N2O3. The molecule has 0 bridgehead atoms. The number of aliphatic imine (C=N–C) groups is 1. The molecule has 5 heteroatoms. The van der Waals surface area contributed by atoms with Crippen LogP contribution < -0.4 is 4.74 Å². The Labute approximate surface area is 153 Å². The van der Waals surface area contributed by atoms with Gasteiger partial charge in [0, 0.05) is 24.4 Å². The molecule has 26 heavy (non-hydrogen) atoms. The third kappa shape index (κ3) is 2.69. The number of aliphatic hydroxyl groups excluding tert-OH is 1. The summed E-state index contributed by atoms with van der Waals surface area (Å²) in [5.74, 6) is 0.857. The molecule has 1 aromatic heterocycles. The molecule has 4 rings (SSSR count). The Morgan fingerprint density at radius 2 is 2.12 bits per heavy atom. The smallest absolute Gasteiger partial charge is 0.187 e. The first kappa shape index (κ1) is 16.8. The van der Waals surface area contributed by atoms with E-state index in [4.69, 9.17) is 9.47 Å². The highest BCUT2D eigenvalue weighted by molar-refractivity contribution is 5.86. The second kappa shape index (κ2) is 6.57. The Morgan fingerprint density at radius 1 is 1.23 bits per heavy atom. The number of ether oxygens (including phenoxy) is 2. The van der Waals surface area contributed by atoms with E-state index in [-0.39, 0.29) is 5.90 Å². The maximum absolute atomic E-state index is 10.6. The summed E-state index contributed by atoms with van der Waals surface area (Å²) in [6, 6.07) is 10.0. The molecule has 1 unspecified atom stereocenters. The number of benzene rings is 1. The lowest BCUT2D eigenvalue weighted by Crippen LogP contribution is -2.37. The van der Waals surface area contributed by atoms with Crippen molar-refractivity contribution < 1.29 is 14.6 Å². The van der Waals surface area contributed by atoms with Gasteiger partial charge in [-0.3, -0.25) is 4.98 Å². The number of nitrogens with zero attached hydrogens (tertiary/aromatic N) is 2. The van der Waals surface area contributed by atoms with Crippen molar-refractivity contribution in [3.63, 3.8) is 0 Å². The first-order valence-electron chi connectivity index (χ1n) is 8.79. The summed E-state index contributed by atoms with van der Waals surface area (Å²) in [7, 11) is 1.63. The van der Waals surface area contributed by atoms with E-state index in [2.05, 4.69) is 28.2 Å². The number of aliphatic hydroxyl groups is 1. The van der Waals surface area contributed by atoms with Gasteiger partial charge in [0.15, 0.2) is 5.90 Å². The van der Waals surface area contributed by atoms with Gasteiger partial charge in [-0.15, -0.1) is 0 Å². The quantitative estimate of drug-likeness (QED) is 0.849. The molecule has 1 aromatic carbocycles. The minimum Gasteiger partial charge on any atom is -0.497 e. The number of rotatable bonds is 3. The molecule has 0 saturated carbocycles. The molecule has 0 fully saturated rings. The Morgan fingerprint density at radius 3 is 2.85 bits per heavy atom. The van der Waals surface area contributed by atoms with Crippen molar-refractivity contribution in [3.8, 4) is 5.75 Å². The first-order valence-corrected chi connectivity index (χ1v) is 8.79. The SMILES string of the molecule is COc1ccc2c(c1)N=C(O)CC2(C1=CCOCC1)c1ccnc(C)c1. The van der Waals surface area contributed by atoms with E-state index in [1.165, 1.54) is 5.57 Å². The van der Waals surface area contributed by atoms with Gasteiger partial charge >= 0.3 is 0 Å². The summed E-state index contributed by atoms with van der Waals surface area (Å²) in [5, 5.41) is 10.6. The van der Waals surface area contributed by atoms with Gasteiger partial charge in [0.1, 0.15) is 5.75 Å². The Balaban J connectivity index is 2.01. The van der Waals surface area contributed by atoms with Gasteiger partial charge in [0.2, 0.25) is 0 Å². The average Bonchev–Trinajstić information content (AvgIpc) is 2.67. The number of hydrogen-bond acceptors (Lipinski definition) is 4. The average molecular weight is 350 g/mol. The zero-order valence-electron chi connectivity index (χ0n) is 15.0. The van der Waals surface area contributed by atoms with Crippen molar-refractivity contribution in [2.75, 3.05) is 20.3 Å². The second-order valence-corrected chi connectivity index (χ2v) is 6.73. The number of aryl methyl sites for hydroxylation is 1. The molecule has 0 amide bonds. The molecular weight excluding hydrogens is 328 g/mol. The largest absolute Gasteiger partial charge is 0.497 e.